The van der Waals surface area contributed by atoms with Crippen LogP contribution in [0.4, 0.5) is 0 Å². The summed E-state index contributed by atoms with van der Waals surface area (Å²) in [6, 6.07) is 4.28. The van der Waals surface area contributed by atoms with Crippen molar-refractivity contribution < 1.29 is 4.79 Å². The lowest BCUT2D eigenvalue weighted by atomic mass is 9.78. The standard InChI is InChI=1S/C15H23N3OS2/c1-10-5-3-7-13(11(10)2)16-15(20)18-17-14(19)9-12-6-4-8-21-12/h4,6,8,10-11,13H,3,5,7,9H2,1-2H3,(H,17,19)(H2,16,18,20)/t10-,11-,13+/m1/s1. The molecule has 1 aliphatic rings. The zero-order valence-corrected chi connectivity index (χ0v) is 14.2. The highest BCUT2D eigenvalue weighted by molar-refractivity contribution is 7.80. The summed E-state index contributed by atoms with van der Waals surface area (Å²) in [4.78, 5) is 12.8. The molecular formula is C15H23N3OS2. The third kappa shape index (κ3) is 4.97. The Labute approximate surface area is 135 Å². The van der Waals surface area contributed by atoms with Crippen LogP contribution in [-0.4, -0.2) is 17.1 Å². The van der Waals surface area contributed by atoms with Gasteiger partial charge in [0, 0.05) is 10.9 Å². The second kappa shape index (κ2) is 7.75. The molecule has 2 rings (SSSR count). The van der Waals surface area contributed by atoms with Crippen LogP contribution in [0.2, 0.25) is 0 Å². The fourth-order valence-electron chi connectivity index (χ4n) is 2.73. The molecule has 1 heterocycles. The Morgan fingerprint density at radius 1 is 1.38 bits per heavy atom. The largest absolute Gasteiger partial charge is 0.358 e. The van der Waals surface area contributed by atoms with Crippen LogP contribution < -0.4 is 16.2 Å². The molecule has 1 aromatic rings. The lowest BCUT2D eigenvalue weighted by Gasteiger charge is -2.35. The topological polar surface area (TPSA) is 53.2 Å². The fourth-order valence-corrected chi connectivity index (χ4v) is 3.64. The van der Waals surface area contributed by atoms with Crippen molar-refractivity contribution in [2.24, 2.45) is 11.8 Å². The molecule has 1 fully saturated rings. The van der Waals surface area contributed by atoms with Crippen molar-refractivity contribution in [1.29, 1.82) is 0 Å². The molecule has 0 bridgehead atoms. The number of hydrazine groups is 1. The van der Waals surface area contributed by atoms with E-state index in [-0.39, 0.29) is 5.91 Å². The van der Waals surface area contributed by atoms with E-state index >= 15 is 0 Å². The van der Waals surface area contributed by atoms with Gasteiger partial charge >= 0.3 is 0 Å². The number of nitrogens with one attached hydrogen (secondary N) is 3. The molecule has 0 radical (unpaired) electrons. The summed E-state index contributed by atoms with van der Waals surface area (Å²) in [7, 11) is 0. The van der Waals surface area contributed by atoms with Gasteiger partial charge in [-0.2, -0.15) is 0 Å². The minimum atomic E-state index is -0.0772. The number of thiocarbonyl (C=S) groups is 1. The summed E-state index contributed by atoms with van der Waals surface area (Å²) < 4.78 is 0. The Morgan fingerprint density at radius 2 is 2.19 bits per heavy atom. The van der Waals surface area contributed by atoms with Gasteiger partial charge in [-0.25, -0.2) is 0 Å². The summed E-state index contributed by atoms with van der Waals surface area (Å²) in [6.45, 7) is 4.55. The molecule has 4 nitrogen and oxygen atoms in total. The van der Waals surface area contributed by atoms with E-state index in [0.717, 1.165) is 11.3 Å². The average molecular weight is 326 g/mol. The summed E-state index contributed by atoms with van der Waals surface area (Å²) in [5, 5.41) is 5.79. The molecule has 0 spiro atoms. The van der Waals surface area contributed by atoms with Gasteiger partial charge in [-0.15, -0.1) is 11.3 Å². The molecule has 3 N–H and O–H groups in total. The minimum absolute atomic E-state index is 0.0772. The van der Waals surface area contributed by atoms with Crippen molar-refractivity contribution >= 4 is 34.6 Å². The maximum atomic E-state index is 11.8. The molecule has 0 aromatic carbocycles. The summed E-state index contributed by atoms with van der Waals surface area (Å²) in [6.07, 6.45) is 4.04. The number of thiophene rings is 1. The van der Waals surface area contributed by atoms with E-state index in [2.05, 4.69) is 30.0 Å². The molecule has 0 unspecified atom stereocenters. The van der Waals surface area contributed by atoms with Crippen molar-refractivity contribution in [3.05, 3.63) is 22.4 Å². The van der Waals surface area contributed by atoms with E-state index in [9.17, 15) is 4.79 Å². The molecule has 1 amide bonds. The minimum Gasteiger partial charge on any atom is -0.358 e. The average Bonchev–Trinajstić information content (AvgIpc) is 2.94. The van der Waals surface area contributed by atoms with E-state index < -0.39 is 0 Å². The SMILES string of the molecule is C[C@@H]1[C@H](C)CCC[C@@H]1NC(=S)NNC(=O)Cc1cccs1. The highest BCUT2D eigenvalue weighted by Gasteiger charge is 2.27. The Balaban J connectivity index is 1.70. The maximum Gasteiger partial charge on any atom is 0.243 e. The first-order chi connectivity index (χ1) is 10.1. The van der Waals surface area contributed by atoms with Gasteiger partial charge in [0.15, 0.2) is 5.11 Å². The smallest absolute Gasteiger partial charge is 0.243 e. The van der Waals surface area contributed by atoms with Gasteiger partial charge in [-0.1, -0.05) is 32.8 Å². The van der Waals surface area contributed by atoms with Crippen molar-refractivity contribution in [1.82, 2.24) is 16.2 Å². The molecule has 1 aromatic heterocycles. The maximum absolute atomic E-state index is 11.8. The predicted molar refractivity (Wildman–Crippen MR) is 91.0 cm³/mol. The molecule has 1 aliphatic carbocycles. The van der Waals surface area contributed by atoms with Gasteiger partial charge in [-0.05, 0) is 41.9 Å². The van der Waals surface area contributed by atoms with Crippen LogP contribution in [0.1, 0.15) is 38.0 Å². The predicted octanol–water partition coefficient (Wildman–Crippen LogP) is 2.61. The molecule has 1 saturated carbocycles. The lowest BCUT2D eigenvalue weighted by Crippen LogP contribution is -2.52. The zero-order valence-electron chi connectivity index (χ0n) is 12.5. The molecular weight excluding hydrogens is 302 g/mol. The molecule has 3 atom stereocenters. The Morgan fingerprint density at radius 3 is 2.90 bits per heavy atom. The Bertz CT molecular complexity index is 475. The zero-order chi connectivity index (χ0) is 15.2. The highest BCUT2D eigenvalue weighted by atomic mass is 32.1. The van der Waals surface area contributed by atoms with Crippen molar-refractivity contribution in [3.8, 4) is 0 Å². The van der Waals surface area contributed by atoms with E-state index in [0.29, 0.717) is 29.4 Å². The first kappa shape index (κ1) is 16.2. The van der Waals surface area contributed by atoms with Crippen LogP contribution in [0.5, 0.6) is 0 Å². The molecule has 0 saturated heterocycles. The third-order valence-corrected chi connectivity index (χ3v) is 5.35. The lowest BCUT2D eigenvalue weighted by molar-refractivity contribution is -0.120. The van der Waals surface area contributed by atoms with Crippen LogP contribution in [0.25, 0.3) is 0 Å². The van der Waals surface area contributed by atoms with Crippen molar-refractivity contribution in [2.45, 2.75) is 45.6 Å². The summed E-state index contributed by atoms with van der Waals surface area (Å²) in [5.74, 6) is 1.24. The molecule has 0 aliphatic heterocycles. The number of amides is 1. The second-order valence-corrected chi connectivity index (χ2v) is 7.22. The first-order valence-corrected chi connectivity index (χ1v) is 8.72. The van der Waals surface area contributed by atoms with Crippen molar-refractivity contribution in [3.63, 3.8) is 0 Å². The number of carbonyl (C=O) groups excluding carboxylic acids is 1. The second-order valence-electron chi connectivity index (χ2n) is 5.78. The fraction of sp³-hybridized carbons (Fsp3) is 0.600. The van der Waals surface area contributed by atoms with Gasteiger partial charge in [0.05, 0.1) is 6.42 Å². The van der Waals surface area contributed by atoms with E-state index in [1.54, 1.807) is 11.3 Å². The third-order valence-electron chi connectivity index (χ3n) is 4.25. The van der Waals surface area contributed by atoms with Crippen LogP contribution in [0.3, 0.4) is 0 Å². The Hall–Kier alpha value is -1.14. The van der Waals surface area contributed by atoms with Crippen molar-refractivity contribution in [2.75, 3.05) is 0 Å². The quantitative estimate of drug-likeness (QED) is 0.591. The van der Waals surface area contributed by atoms with Gasteiger partial charge in [-0.3, -0.25) is 15.6 Å². The molecule has 116 valence electrons. The normalized spacial score (nSPS) is 25.1. The Kier molecular flexibility index (Phi) is 5.99. The first-order valence-electron chi connectivity index (χ1n) is 7.44. The number of hydrogen-bond donors (Lipinski definition) is 3. The number of rotatable bonds is 3. The summed E-state index contributed by atoms with van der Waals surface area (Å²) >= 11 is 6.84. The van der Waals surface area contributed by atoms with Crippen LogP contribution in [0, 0.1) is 11.8 Å². The highest BCUT2D eigenvalue weighted by Crippen LogP contribution is 2.29. The van der Waals surface area contributed by atoms with Crippen LogP contribution in [0.15, 0.2) is 17.5 Å². The van der Waals surface area contributed by atoms with E-state index in [4.69, 9.17) is 12.2 Å². The van der Waals surface area contributed by atoms with Gasteiger partial charge in [0.25, 0.3) is 0 Å². The van der Waals surface area contributed by atoms with E-state index in [1.165, 1.54) is 12.8 Å². The van der Waals surface area contributed by atoms with Crippen LogP contribution >= 0.6 is 23.6 Å². The summed E-state index contributed by atoms with van der Waals surface area (Å²) in [5.41, 5.74) is 5.45. The monoisotopic (exact) mass is 325 g/mol. The van der Waals surface area contributed by atoms with E-state index in [1.807, 2.05) is 17.5 Å². The number of hydrogen-bond acceptors (Lipinski definition) is 3. The number of carbonyl (C=O) groups is 1. The van der Waals surface area contributed by atoms with Gasteiger partial charge in [0.2, 0.25) is 5.91 Å². The molecule has 21 heavy (non-hydrogen) atoms. The molecule has 6 heteroatoms. The van der Waals surface area contributed by atoms with Gasteiger partial charge < -0.3 is 5.32 Å². The van der Waals surface area contributed by atoms with Gasteiger partial charge in [0.1, 0.15) is 0 Å². The van der Waals surface area contributed by atoms with Crippen LogP contribution in [-0.2, 0) is 11.2 Å².